The third-order valence-corrected chi connectivity index (χ3v) is 4.76. The Morgan fingerprint density at radius 2 is 2.10 bits per heavy atom. The van der Waals surface area contributed by atoms with E-state index in [4.69, 9.17) is 0 Å². The Balaban J connectivity index is 1.89. The van der Waals surface area contributed by atoms with Crippen LogP contribution in [0.1, 0.15) is 24.8 Å². The second kappa shape index (κ2) is 7.02. The Hall–Kier alpha value is -1.43. The minimum absolute atomic E-state index is 0.0636. The van der Waals surface area contributed by atoms with Gasteiger partial charge in [0.1, 0.15) is 6.10 Å². The van der Waals surface area contributed by atoms with E-state index in [0.717, 1.165) is 15.0 Å². The highest BCUT2D eigenvalue weighted by atomic mass is 32.1. The third kappa shape index (κ3) is 4.27. The van der Waals surface area contributed by atoms with E-state index in [0.29, 0.717) is 12.6 Å². The summed E-state index contributed by atoms with van der Waals surface area (Å²) in [6, 6.07) is 10.3. The van der Waals surface area contributed by atoms with Crippen molar-refractivity contribution >= 4 is 27.3 Å². The molecule has 21 heavy (non-hydrogen) atoms. The number of carbonyl (C=O) groups excluding carboxylic acids is 1. The van der Waals surface area contributed by atoms with E-state index in [9.17, 15) is 9.90 Å². The van der Waals surface area contributed by atoms with Gasteiger partial charge in [0.15, 0.2) is 0 Å². The quantitative estimate of drug-likeness (QED) is 0.861. The van der Waals surface area contributed by atoms with Crippen molar-refractivity contribution in [3.05, 3.63) is 35.2 Å². The molecule has 0 aliphatic rings. The number of benzene rings is 1. The predicted octanol–water partition coefficient (Wildman–Crippen LogP) is 2.39. The highest BCUT2D eigenvalue weighted by Crippen LogP contribution is 2.29. The number of nitrogens with one attached hydrogen (secondary N) is 1. The van der Waals surface area contributed by atoms with E-state index >= 15 is 0 Å². The van der Waals surface area contributed by atoms with Gasteiger partial charge >= 0.3 is 0 Å². The van der Waals surface area contributed by atoms with Gasteiger partial charge in [-0.3, -0.25) is 9.69 Å². The number of aliphatic hydroxyl groups excluding tert-OH is 1. The number of thiophene rings is 1. The fraction of sp³-hybridized carbons (Fsp3) is 0.438. The molecule has 2 rings (SSSR count). The van der Waals surface area contributed by atoms with Gasteiger partial charge in [0.05, 0.1) is 6.54 Å². The van der Waals surface area contributed by atoms with Gasteiger partial charge in [-0.15, -0.1) is 11.3 Å². The fourth-order valence-electron chi connectivity index (χ4n) is 1.94. The summed E-state index contributed by atoms with van der Waals surface area (Å²) in [6.07, 6.45) is -0.657. The average molecular weight is 306 g/mol. The topological polar surface area (TPSA) is 52.6 Å². The number of fused-ring (bicyclic) bond motifs is 1. The van der Waals surface area contributed by atoms with Crippen LogP contribution in [-0.4, -0.2) is 42.1 Å². The minimum atomic E-state index is -0.657. The zero-order valence-electron chi connectivity index (χ0n) is 12.7. The molecule has 0 bridgehead atoms. The zero-order valence-corrected chi connectivity index (χ0v) is 13.5. The first-order valence-corrected chi connectivity index (χ1v) is 7.92. The summed E-state index contributed by atoms with van der Waals surface area (Å²) in [4.78, 5) is 14.6. The minimum Gasteiger partial charge on any atom is -0.386 e. The summed E-state index contributed by atoms with van der Waals surface area (Å²) < 4.78 is 1.15. The first kappa shape index (κ1) is 15.9. The molecular weight excluding hydrogens is 284 g/mol. The SMILES string of the molecule is CC(C)N(C)CC(=O)NC[C@H](O)c1cc2ccccc2s1. The Bertz CT molecular complexity index is 576. The molecule has 0 aliphatic heterocycles. The number of aliphatic hydroxyl groups is 1. The van der Waals surface area contributed by atoms with Crippen LogP contribution in [0.3, 0.4) is 0 Å². The summed E-state index contributed by atoms with van der Waals surface area (Å²) in [5.41, 5.74) is 0. The Morgan fingerprint density at radius 1 is 1.38 bits per heavy atom. The Labute approximate surface area is 129 Å². The van der Waals surface area contributed by atoms with Crippen LogP contribution in [0.2, 0.25) is 0 Å². The lowest BCUT2D eigenvalue weighted by atomic mass is 10.2. The van der Waals surface area contributed by atoms with Crippen molar-refractivity contribution in [3.8, 4) is 0 Å². The number of rotatable bonds is 6. The smallest absolute Gasteiger partial charge is 0.234 e. The first-order valence-electron chi connectivity index (χ1n) is 7.11. The molecule has 0 unspecified atom stereocenters. The molecule has 5 heteroatoms. The van der Waals surface area contributed by atoms with Crippen molar-refractivity contribution in [1.29, 1.82) is 0 Å². The van der Waals surface area contributed by atoms with Gasteiger partial charge in [-0.2, -0.15) is 0 Å². The van der Waals surface area contributed by atoms with E-state index in [1.54, 1.807) is 11.3 Å². The molecule has 0 radical (unpaired) electrons. The van der Waals surface area contributed by atoms with Crippen LogP contribution in [0.15, 0.2) is 30.3 Å². The van der Waals surface area contributed by atoms with Crippen LogP contribution < -0.4 is 5.32 Å². The Kier molecular flexibility index (Phi) is 5.33. The number of hydrogen-bond donors (Lipinski definition) is 2. The van der Waals surface area contributed by atoms with Crippen LogP contribution >= 0.6 is 11.3 Å². The van der Waals surface area contributed by atoms with E-state index in [2.05, 4.69) is 5.32 Å². The van der Waals surface area contributed by atoms with Gasteiger partial charge in [-0.25, -0.2) is 0 Å². The molecule has 0 saturated heterocycles. The lowest BCUT2D eigenvalue weighted by Crippen LogP contribution is -2.39. The van der Waals surface area contributed by atoms with E-state index in [1.807, 2.05) is 56.1 Å². The molecule has 2 aromatic rings. The number of nitrogens with zero attached hydrogens (tertiary/aromatic N) is 1. The molecule has 0 spiro atoms. The largest absolute Gasteiger partial charge is 0.386 e. The van der Waals surface area contributed by atoms with Crippen LogP contribution in [0.5, 0.6) is 0 Å². The average Bonchev–Trinajstić information content (AvgIpc) is 2.88. The van der Waals surface area contributed by atoms with Gasteiger partial charge in [-0.1, -0.05) is 18.2 Å². The molecule has 0 saturated carbocycles. The van der Waals surface area contributed by atoms with Gasteiger partial charge in [0.25, 0.3) is 0 Å². The highest BCUT2D eigenvalue weighted by Gasteiger charge is 2.14. The predicted molar refractivity (Wildman–Crippen MR) is 87.6 cm³/mol. The van der Waals surface area contributed by atoms with E-state index in [1.165, 1.54) is 0 Å². The molecule has 114 valence electrons. The molecule has 4 nitrogen and oxygen atoms in total. The van der Waals surface area contributed by atoms with Crippen molar-refractivity contribution in [1.82, 2.24) is 10.2 Å². The van der Waals surface area contributed by atoms with Crippen molar-refractivity contribution in [2.45, 2.75) is 26.0 Å². The van der Waals surface area contributed by atoms with Crippen LogP contribution in [0.4, 0.5) is 0 Å². The number of carbonyl (C=O) groups is 1. The maximum absolute atomic E-state index is 11.8. The molecule has 0 aliphatic carbocycles. The van der Waals surface area contributed by atoms with E-state index < -0.39 is 6.10 Å². The maximum atomic E-state index is 11.8. The van der Waals surface area contributed by atoms with Gasteiger partial charge in [-0.05, 0) is 38.4 Å². The molecule has 1 amide bonds. The van der Waals surface area contributed by atoms with Crippen molar-refractivity contribution in [2.75, 3.05) is 20.1 Å². The van der Waals surface area contributed by atoms with Crippen LogP contribution in [0.25, 0.3) is 10.1 Å². The normalized spacial score (nSPS) is 13.0. The third-order valence-electron chi connectivity index (χ3n) is 3.54. The van der Waals surface area contributed by atoms with Gasteiger partial charge < -0.3 is 10.4 Å². The summed E-state index contributed by atoms with van der Waals surface area (Å²) in [6.45, 7) is 4.67. The molecule has 0 fully saturated rings. The highest BCUT2D eigenvalue weighted by molar-refractivity contribution is 7.19. The Morgan fingerprint density at radius 3 is 2.76 bits per heavy atom. The van der Waals surface area contributed by atoms with Crippen LogP contribution in [-0.2, 0) is 4.79 Å². The summed E-state index contributed by atoms with van der Waals surface area (Å²) in [5, 5.41) is 14.1. The fourth-order valence-corrected chi connectivity index (χ4v) is 2.99. The molecule has 2 N–H and O–H groups in total. The number of hydrogen-bond acceptors (Lipinski definition) is 4. The zero-order chi connectivity index (χ0) is 15.4. The summed E-state index contributed by atoms with van der Waals surface area (Å²) in [5.74, 6) is -0.0636. The van der Waals surface area contributed by atoms with Crippen molar-refractivity contribution < 1.29 is 9.90 Å². The standard InChI is InChI=1S/C16H22N2O2S/c1-11(2)18(3)10-16(20)17-9-13(19)15-8-12-6-4-5-7-14(12)21-15/h4-8,11,13,19H,9-10H2,1-3H3,(H,17,20)/t13-/m0/s1. The molecule has 1 atom stereocenters. The molecular formula is C16H22N2O2S. The summed E-state index contributed by atoms with van der Waals surface area (Å²) >= 11 is 1.56. The molecule has 1 aromatic heterocycles. The lowest BCUT2D eigenvalue weighted by molar-refractivity contribution is -0.122. The molecule has 1 aromatic carbocycles. The lowest BCUT2D eigenvalue weighted by Gasteiger charge is -2.20. The van der Waals surface area contributed by atoms with Crippen molar-refractivity contribution in [2.24, 2.45) is 0 Å². The molecule has 1 heterocycles. The second-order valence-electron chi connectivity index (χ2n) is 5.52. The number of likely N-dealkylation sites (N-methyl/N-ethyl adjacent to an activating group) is 1. The maximum Gasteiger partial charge on any atom is 0.234 e. The van der Waals surface area contributed by atoms with Gasteiger partial charge in [0, 0.05) is 22.2 Å². The summed E-state index contributed by atoms with van der Waals surface area (Å²) in [7, 11) is 1.91. The second-order valence-corrected chi connectivity index (χ2v) is 6.63. The number of amides is 1. The van der Waals surface area contributed by atoms with E-state index in [-0.39, 0.29) is 12.5 Å². The van der Waals surface area contributed by atoms with Gasteiger partial charge in [0.2, 0.25) is 5.91 Å². The van der Waals surface area contributed by atoms with Crippen LogP contribution in [0, 0.1) is 0 Å². The van der Waals surface area contributed by atoms with Crippen molar-refractivity contribution in [3.63, 3.8) is 0 Å². The first-order chi connectivity index (χ1) is 9.97. The monoisotopic (exact) mass is 306 g/mol.